The zero-order valence-corrected chi connectivity index (χ0v) is 13.4. The minimum absolute atomic E-state index is 0.135. The van der Waals surface area contributed by atoms with E-state index in [1.54, 1.807) is 29.2 Å². The number of pyridine rings is 1. The molecule has 3 N–H and O–H groups in total. The predicted molar refractivity (Wildman–Crippen MR) is 95.6 cm³/mol. The molecule has 3 heterocycles. The Morgan fingerprint density at radius 2 is 1.96 bits per heavy atom. The van der Waals surface area contributed by atoms with E-state index >= 15 is 0 Å². The highest BCUT2D eigenvalue weighted by Gasteiger charge is 2.24. The van der Waals surface area contributed by atoms with Gasteiger partial charge in [-0.25, -0.2) is 4.98 Å². The van der Waals surface area contributed by atoms with Crippen LogP contribution in [0.15, 0.2) is 59.7 Å². The van der Waals surface area contributed by atoms with Crippen LogP contribution in [0, 0.1) is 6.92 Å². The highest BCUT2D eigenvalue weighted by Crippen LogP contribution is 2.29. The molecule has 0 saturated heterocycles. The highest BCUT2D eigenvalue weighted by molar-refractivity contribution is 6.31. The van der Waals surface area contributed by atoms with Crippen molar-refractivity contribution in [2.24, 2.45) is 0 Å². The first kappa shape index (κ1) is 14.9. The molecule has 2 aromatic heterocycles. The summed E-state index contributed by atoms with van der Waals surface area (Å²) in [4.78, 5) is 27.6. The first-order chi connectivity index (χ1) is 12.1. The van der Waals surface area contributed by atoms with Crippen molar-refractivity contribution < 1.29 is 4.79 Å². The number of benzene rings is 1. The Bertz CT molecular complexity index is 1040. The number of carbonyl (C=O) groups excluding carboxylic acids is 1. The van der Waals surface area contributed by atoms with Crippen LogP contribution in [-0.4, -0.2) is 20.7 Å². The third kappa shape index (κ3) is 2.72. The van der Waals surface area contributed by atoms with Gasteiger partial charge in [0.05, 0.1) is 11.3 Å². The molecular formula is C18H15N5O2. The van der Waals surface area contributed by atoms with E-state index in [0.717, 1.165) is 22.6 Å². The van der Waals surface area contributed by atoms with Crippen LogP contribution in [0.4, 0.5) is 11.5 Å². The van der Waals surface area contributed by atoms with Crippen LogP contribution in [-0.2, 0) is 4.79 Å². The number of anilines is 2. The molecule has 0 aliphatic carbocycles. The van der Waals surface area contributed by atoms with E-state index in [9.17, 15) is 9.59 Å². The molecule has 0 fully saturated rings. The summed E-state index contributed by atoms with van der Waals surface area (Å²) in [5.41, 5.74) is 3.69. The minimum atomic E-state index is -0.182. The zero-order valence-electron chi connectivity index (χ0n) is 13.4. The van der Waals surface area contributed by atoms with E-state index in [0.29, 0.717) is 11.4 Å². The Morgan fingerprint density at radius 3 is 2.68 bits per heavy atom. The summed E-state index contributed by atoms with van der Waals surface area (Å²) >= 11 is 0. The third-order valence-electron chi connectivity index (χ3n) is 4.00. The molecule has 0 spiro atoms. The summed E-state index contributed by atoms with van der Waals surface area (Å²) in [7, 11) is 0. The van der Waals surface area contributed by atoms with E-state index < -0.39 is 0 Å². The lowest BCUT2D eigenvalue weighted by Crippen LogP contribution is -2.06. The second-order valence-corrected chi connectivity index (χ2v) is 5.70. The van der Waals surface area contributed by atoms with Gasteiger partial charge in [-0.2, -0.15) is 0 Å². The highest BCUT2D eigenvalue weighted by atomic mass is 16.2. The van der Waals surface area contributed by atoms with Crippen molar-refractivity contribution >= 4 is 23.0 Å². The molecule has 1 aliphatic rings. The van der Waals surface area contributed by atoms with E-state index in [1.807, 2.05) is 37.3 Å². The van der Waals surface area contributed by atoms with E-state index in [4.69, 9.17) is 0 Å². The largest absolute Gasteiger partial charge is 0.361 e. The summed E-state index contributed by atoms with van der Waals surface area (Å²) in [6.07, 6.45) is 3.31. The second-order valence-electron chi connectivity index (χ2n) is 5.70. The van der Waals surface area contributed by atoms with Crippen molar-refractivity contribution in [1.29, 1.82) is 0 Å². The molecule has 0 radical (unpaired) electrons. The van der Waals surface area contributed by atoms with Gasteiger partial charge < -0.3 is 10.6 Å². The summed E-state index contributed by atoms with van der Waals surface area (Å²) in [5.74, 6) is 0.390. The van der Waals surface area contributed by atoms with Crippen LogP contribution in [0.1, 0.15) is 11.3 Å². The molecule has 0 unspecified atom stereocenters. The molecule has 0 saturated carbocycles. The van der Waals surface area contributed by atoms with Crippen molar-refractivity contribution in [1.82, 2.24) is 14.8 Å². The quantitative estimate of drug-likeness (QED) is 0.641. The molecule has 7 heteroatoms. The fourth-order valence-corrected chi connectivity index (χ4v) is 2.78. The van der Waals surface area contributed by atoms with Crippen LogP contribution in [0.5, 0.6) is 0 Å². The molecule has 7 nitrogen and oxygen atoms in total. The smallest absolute Gasteiger partial charge is 0.264 e. The average molecular weight is 333 g/mol. The molecule has 25 heavy (non-hydrogen) atoms. The van der Waals surface area contributed by atoms with Gasteiger partial charge >= 0.3 is 0 Å². The van der Waals surface area contributed by atoms with Gasteiger partial charge in [-0.05, 0) is 43.3 Å². The number of rotatable bonds is 3. The van der Waals surface area contributed by atoms with Gasteiger partial charge in [-0.1, -0.05) is 0 Å². The van der Waals surface area contributed by atoms with Crippen molar-refractivity contribution in [2.45, 2.75) is 6.92 Å². The molecule has 4 rings (SSSR count). The van der Waals surface area contributed by atoms with Crippen molar-refractivity contribution in [3.63, 3.8) is 0 Å². The number of carbonyl (C=O) groups is 1. The Kier molecular flexibility index (Phi) is 3.46. The van der Waals surface area contributed by atoms with Gasteiger partial charge in [0.2, 0.25) is 0 Å². The van der Waals surface area contributed by atoms with Crippen LogP contribution < -0.4 is 16.2 Å². The van der Waals surface area contributed by atoms with Gasteiger partial charge in [-0.3, -0.25) is 19.4 Å². The molecule has 1 aromatic carbocycles. The predicted octanol–water partition coefficient (Wildman–Crippen LogP) is 2.27. The molecule has 0 atom stereocenters. The molecule has 1 aliphatic heterocycles. The number of aromatic nitrogens is 3. The second kappa shape index (κ2) is 5.79. The minimum Gasteiger partial charge on any atom is -0.361 e. The van der Waals surface area contributed by atoms with E-state index in [2.05, 4.69) is 20.7 Å². The van der Waals surface area contributed by atoms with Gasteiger partial charge in [-0.15, -0.1) is 0 Å². The first-order valence-electron chi connectivity index (χ1n) is 7.74. The Balaban J connectivity index is 1.57. The molecule has 1 amide bonds. The number of nitrogens with zero attached hydrogens (tertiary/aromatic N) is 2. The first-order valence-corrected chi connectivity index (χ1v) is 7.74. The summed E-state index contributed by atoms with van der Waals surface area (Å²) in [6.45, 7) is 1.86. The number of aryl methyl sites for hydroxylation is 1. The lowest BCUT2D eigenvalue weighted by atomic mass is 10.1. The number of H-pyrrole nitrogens is 1. The monoisotopic (exact) mass is 333 g/mol. The molecule has 0 bridgehead atoms. The van der Waals surface area contributed by atoms with Crippen LogP contribution in [0.3, 0.4) is 0 Å². The molecule has 124 valence electrons. The van der Waals surface area contributed by atoms with Gasteiger partial charge in [0.15, 0.2) is 0 Å². The number of amides is 1. The standard InChI is InChI=1S/C18H15N5O2/c1-11-9-16(24)22-23(11)13-6-4-12(5-7-13)20-10-15-14-3-2-8-19-17(14)21-18(15)25/h2-10,20H,1H3,(H,22,24)(H,19,21,25). The van der Waals surface area contributed by atoms with Gasteiger partial charge in [0.1, 0.15) is 5.82 Å². The fraction of sp³-hybridized carbons (Fsp3) is 0.0556. The topological polar surface area (TPSA) is 91.8 Å². The Morgan fingerprint density at radius 1 is 1.16 bits per heavy atom. The summed E-state index contributed by atoms with van der Waals surface area (Å²) in [6, 6.07) is 12.7. The van der Waals surface area contributed by atoms with Crippen LogP contribution in [0.25, 0.3) is 11.3 Å². The lowest BCUT2D eigenvalue weighted by molar-refractivity contribution is -0.110. The van der Waals surface area contributed by atoms with Gasteiger partial charge in [0, 0.05) is 35.4 Å². The fourth-order valence-electron chi connectivity index (χ4n) is 2.78. The molecular weight excluding hydrogens is 318 g/mol. The zero-order chi connectivity index (χ0) is 17.4. The SMILES string of the molecule is Cc1cc(=O)[nH]n1-c1ccc(NC=C2C(=O)Nc3ncccc32)cc1. The summed E-state index contributed by atoms with van der Waals surface area (Å²) < 4.78 is 1.72. The van der Waals surface area contributed by atoms with Crippen molar-refractivity contribution in [2.75, 3.05) is 10.6 Å². The van der Waals surface area contributed by atoms with Gasteiger partial charge in [0.25, 0.3) is 11.5 Å². The molecule has 3 aromatic rings. The Labute approximate surface area is 143 Å². The number of hydrogen-bond acceptors (Lipinski definition) is 4. The van der Waals surface area contributed by atoms with Crippen molar-refractivity contribution in [3.05, 3.63) is 76.5 Å². The number of fused-ring (bicyclic) bond motifs is 1. The maximum atomic E-state index is 12.0. The average Bonchev–Trinajstić information content (AvgIpc) is 3.11. The number of nitrogens with one attached hydrogen (secondary N) is 3. The number of aromatic amines is 1. The third-order valence-corrected chi connectivity index (χ3v) is 4.00. The maximum Gasteiger partial charge on any atom is 0.264 e. The summed E-state index contributed by atoms with van der Waals surface area (Å²) in [5, 5.41) is 8.59. The lowest BCUT2D eigenvalue weighted by Gasteiger charge is -2.07. The van der Waals surface area contributed by atoms with E-state index in [1.165, 1.54) is 0 Å². The number of hydrogen-bond donors (Lipinski definition) is 3. The Hall–Kier alpha value is -3.61. The van der Waals surface area contributed by atoms with Crippen LogP contribution >= 0.6 is 0 Å². The normalized spacial score (nSPS) is 14.4. The maximum absolute atomic E-state index is 12.0. The van der Waals surface area contributed by atoms with E-state index in [-0.39, 0.29) is 11.5 Å². The van der Waals surface area contributed by atoms with Crippen molar-refractivity contribution in [3.8, 4) is 5.69 Å². The van der Waals surface area contributed by atoms with Crippen LogP contribution in [0.2, 0.25) is 0 Å².